The zero-order valence-corrected chi connectivity index (χ0v) is 13.8. The van der Waals surface area contributed by atoms with Crippen molar-refractivity contribution in [3.8, 4) is 11.3 Å². The van der Waals surface area contributed by atoms with Gasteiger partial charge < -0.3 is 5.11 Å². The number of rotatable bonds is 2. The molecule has 0 saturated carbocycles. The molecule has 3 rings (SSSR count). The Balaban J connectivity index is 2.35. The zero-order valence-electron chi connectivity index (χ0n) is 10.7. The standard InChI is InChI=1S/C16H9Br2NO2/c17-12-6-10-11(16(20)21)7-14(9-4-2-1-3-5-9)19-15(10)8-13(12)18/h1-8H,(H,20,21). The van der Waals surface area contributed by atoms with Crippen molar-refractivity contribution in [3.63, 3.8) is 0 Å². The second-order valence-electron chi connectivity index (χ2n) is 4.51. The highest BCUT2D eigenvalue weighted by atomic mass is 79.9. The summed E-state index contributed by atoms with van der Waals surface area (Å²) in [6, 6.07) is 14.7. The highest BCUT2D eigenvalue weighted by molar-refractivity contribution is 9.13. The molecule has 0 unspecified atom stereocenters. The maximum Gasteiger partial charge on any atom is 0.336 e. The molecule has 3 nitrogen and oxygen atoms in total. The molecular formula is C16H9Br2NO2. The van der Waals surface area contributed by atoms with Crippen LogP contribution in [0.5, 0.6) is 0 Å². The third kappa shape index (κ3) is 2.71. The van der Waals surface area contributed by atoms with Gasteiger partial charge in [-0.1, -0.05) is 30.3 Å². The van der Waals surface area contributed by atoms with E-state index in [0.29, 0.717) is 16.6 Å². The van der Waals surface area contributed by atoms with Gasteiger partial charge in [0.1, 0.15) is 0 Å². The van der Waals surface area contributed by atoms with Gasteiger partial charge >= 0.3 is 5.97 Å². The molecule has 1 heterocycles. The lowest BCUT2D eigenvalue weighted by Crippen LogP contribution is -2.00. The average Bonchev–Trinajstić information content (AvgIpc) is 2.48. The van der Waals surface area contributed by atoms with Crippen LogP contribution >= 0.6 is 31.9 Å². The Morgan fingerprint density at radius 1 is 1.00 bits per heavy atom. The van der Waals surface area contributed by atoms with Gasteiger partial charge in [-0.05, 0) is 50.1 Å². The maximum atomic E-state index is 11.5. The number of fused-ring (bicyclic) bond motifs is 1. The summed E-state index contributed by atoms with van der Waals surface area (Å²) >= 11 is 6.82. The largest absolute Gasteiger partial charge is 0.478 e. The molecular weight excluding hydrogens is 398 g/mol. The third-order valence-corrected chi connectivity index (χ3v) is 4.99. The number of halogens is 2. The SMILES string of the molecule is O=C(O)c1cc(-c2ccccc2)nc2cc(Br)c(Br)cc12. The summed E-state index contributed by atoms with van der Waals surface area (Å²) in [5, 5.41) is 10.1. The third-order valence-electron chi connectivity index (χ3n) is 3.15. The first-order valence-electron chi connectivity index (χ1n) is 6.15. The lowest BCUT2D eigenvalue weighted by atomic mass is 10.0. The van der Waals surface area contributed by atoms with Gasteiger partial charge in [-0.15, -0.1) is 0 Å². The predicted molar refractivity (Wildman–Crippen MR) is 89.5 cm³/mol. The number of carbonyl (C=O) groups is 1. The van der Waals surface area contributed by atoms with E-state index in [1.165, 1.54) is 0 Å². The molecule has 5 heteroatoms. The van der Waals surface area contributed by atoms with E-state index in [-0.39, 0.29) is 5.56 Å². The van der Waals surface area contributed by atoms with E-state index in [0.717, 1.165) is 14.5 Å². The fourth-order valence-corrected chi connectivity index (χ4v) is 2.83. The normalized spacial score (nSPS) is 10.8. The second-order valence-corrected chi connectivity index (χ2v) is 6.22. The Kier molecular flexibility index (Phi) is 3.78. The van der Waals surface area contributed by atoms with Crippen LogP contribution in [0.2, 0.25) is 0 Å². The van der Waals surface area contributed by atoms with E-state index in [2.05, 4.69) is 36.8 Å². The molecule has 2 aromatic carbocycles. The van der Waals surface area contributed by atoms with Gasteiger partial charge in [0.2, 0.25) is 0 Å². The van der Waals surface area contributed by atoms with Gasteiger partial charge in [0.15, 0.2) is 0 Å². The van der Waals surface area contributed by atoms with Crippen LogP contribution in [0, 0.1) is 0 Å². The molecule has 3 aromatic rings. The van der Waals surface area contributed by atoms with E-state index >= 15 is 0 Å². The minimum Gasteiger partial charge on any atom is -0.478 e. The molecule has 0 radical (unpaired) electrons. The Bertz CT molecular complexity index is 848. The molecule has 0 bridgehead atoms. The minimum absolute atomic E-state index is 0.243. The number of hydrogen-bond acceptors (Lipinski definition) is 2. The van der Waals surface area contributed by atoms with Gasteiger partial charge in [0.05, 0.1) is 16.8 Å². The summed E-state index contributed by atoms with van der Waals surface area (Å²) in [6.07, 6.45) is 0. The van der Waals surface area contributed by atoms with Crippen LogP contribution in [0.15, 0.2) is 57.5 Å². The smallest absolute Gasteiger partial charge is 0.336 e. The van der Waals surface area contributed by atoms with Crippen LogP contribution < -0.4 is 0 Å². The Morgan fingerprint density at radius 2 is 1.67 bits per heavy atom. The summed E-state index contributed by atoms with van der Waals surface area (Å²) in [4.78, 5) is 16.1. The van der Waals surface area contributed by atoms with Crippen molar-refractivity contribution >= 4 is 48.7 Å². The Labute approximate surface area is 137 Å². The van der Waals surface area contributed by atoms with Crippen LogP contribution in [-0.4, -0.2) is 16.1 Å². The molecule has 0 atom stereocenters. The number of hydrogen-bond donors (Lipinski definition) is 1. The van der Waals surface area contributed by atoms with Gasteiger partial charge in [-0.3, -0.25) is 0 Å². The van der Waals surface area contributed by atoms with Gasteiger partial charge in [0, 0.05) is 19.9 Å². The van der Waals surface area contributed by atoms with Crippen molar-refractivity contribution in [1.82, 2.24) is 4.98 Å². The molecule has 104 valence electrons. The highest BCUT2D eigenvalue weighted by Crippen LogP contribution is 2.31. The molecule has 0 aliphatic carbocycles. The summed E-state index contributed by atoms with van der Waals surface area (Å²) in [5.74, 6) is -0.964. The summed E-state index contributed by atoms with van der Waals surface area (Å²) in [6.45, 7) is 0. The fourth-order valence-electron chi connectivity index (χ4n) is 2.15. The molecule has 1 N–H and O–H groups in total. The number of benzene rings is 2. The van der Waals surface area contributed by atoms with Crippen molar-refractivity contribution in [2.45, 2.75) is 0 Å². The van der Waals surface area contributed by atoms with Crippen LogP contribution in [0.3, 0.4) is 0 Å². The summed E-state index contributed by atoms with van der Waals surface area (Å²) in [7, 11) is 0. The first kappa shape index (κ1) is 14.2. The Hall–Kier alpha value is -1.72. The van der Waals surface area contributed by atoms with Crippen LogP contribution in [-0.2, 0) is 0 Å². The van der Waals surface area contributed by atoms with Crippen molar-refractivity contribution in [3.05, 3.63) is 63.0 Å². The van der Waals surface area contributed by atoms with Crippen molar-refractivity contribution in [2.24, 2.45) is 0 Å². The summed E-state index contributed by atoms with van der Waals surface area (Å²) in [5.41, 5.74) is 2.42. The first-order valence-corrected chi connectivity index (χ1v) is 7.73. The van der Waals surface area contributed by atoms with E-state index in [1.54, 1.807) is 12.1 Å². The van der Waals surface area contributed by atoms with Crippen LogP contribution in [0.25, 0.3) is 22.2 Å². The molecule has 0 aliphatic heterocycles. The molecule has 0 fully saturated rings. The van der Waals surface area contributed by atoms with E-state index in [4.69, 9.17) is 0 Å². The monoisotopic (exact) mass is 405 g/mol. The molecule has 0 amide bonds. The van der Waals surface area contributed by atoms with Gasteiger partial charge in [-0.25, -0.2) is 9.78 Å². The highest BCUT2D eigenvalue weighted by Gasteiger charge is 2.14. The number of pyridine rings is 1. The molecule has 0 aliphatic rings. The van der Waals surface area contributed by atoms with E-state index in [9.17, 15) is 9.90 Å². The topological polar surface area (TPSA) is 50.2 Å². The lowest BCUT2D eigenvalue weighted by Gasteiger charge is -2.08. The van der Waals surface area contributed by atoms with Crippen molar-refractivity contribution < 1.29 is 9.90 Å². The number of aromatic nitrogens is 1. The van der Waals surface area contributed by atoms with E-state index < -0.39 is 5.97 Å². The quantitative estimate of drug-likeness (QED) is 0.642. The van der Waals surface area contributed by atoms with Crippen molar-refractivity contribution in [2.75, 3.05) is 0 Å². The first-order chi connectivity index (χ1) is 10.1. The number of nitrogens with zero attached hydrogens (tertiary/aromatic N) is 1. The average molecular weight is 407 g/mol. The molecule has 0 saturated heterocycles. The van der Waals surface area contributed by atoms with Gasteiger partial charge in [-0.2, -0.15) is 0 Å². The lowest BCUT2D eigenvalue weighted by molar-refractivity contribution is 0.0699. The minimum atomic E-state index is -0.964. The van der Waals surface area contributed by atoms with E-state index in [1.807, 2.05) is 36.4 Å². The summed E-state index contributed by atoms with van der Waals surface area (Å²) < 4.78 is 1.64. The van der Waals surface area contributed by atoms with Crippen LogP contribution in [0.4, 0.5) is 0 Å². The van der Waals surface area contributed by atoms with Crippen LogP contribution in [0.1, 0.15) is 10.4 Å². The second kappa shape index (κ2) is 5.58. The number of carboxylic acids is 1. The van der Waals surface area contributed by atoms with Crippen molar-refractivity contribution in [1.29, 1.82) is 0 Å². The number of carboxylic acid groups (broad SMARTS) is 1. The maximum absolute atomic E-state index is 11.5. The number of aromatic carboxylic acids is 1. The Morgan fingerprint density at radius 3 is 2.33 bits per heavy atom. The molecule has 0 spiro atoms. The zero-order chi connectivity index (χ0) is 15.0. The molecule has 1 aromatic heterocycles. The predicted octanol–water partition coefficient (Wildman–Crippen LogP) is 5.13. The van der Waals surface area contributed by atoms with Gasteiger partial charge in [0.25, 0.3) is 0 Å². The molecule has 21 heavy (non-hydrogen) atoms. The fraction of sp³-hybridized carbons (Fsp3) is 0.